The highest BCUT2D eigenvalue weighted by Gasteiger charge is 2.08. The highest BCUT2D eigenvalue weighted by Crippen LogP contribution is 2.21. The van der Waals surface area contributed by atoms with Crippen LogP contribution in [0.1, 0.15) is 10.4 Å². The van der Waals surface area contributed by atoms with Crippen molar-refractivity contribution in [1.29, 1.82) is 0 Å². The maximum absolute atomic E-state index is 12.4. The highest BCUT2D eigenvalue weighted by atomic mass is 79.9. The van der Waals surface area contributed by atoms with Crippen molar-refractivity contribution in [1.82, 2.24) is 19.8 Å². The largest absolute Gasteiger partial charge is 0.322 e. The summed E-state index contributed by atoms with van der Waals surface area (Å²) in [7, 11) is 0. The van der Waals surface area contributed by atoms with E-state index in [1.165, 1.54) is 0 Å². The fourth-order valence-electron chi connectivity index (χ4n) is 2.44. The second kappa shape index (κ2) is 6.45. The fraction of sp³-hybridized carbons (Fsp3) is 0. The second-order valence-corrected chi connectivity index (χ2v) is 6.31. The highest BCUT2D eigenvalue weighted by molar-refractivity contribution is 9.10. The smallest absolute Gasteiger partial charge is 0.255 e. The van der Waals surface area contributed by atoms with E-state index >= 15 is 0 Å². The van der Waals surface area contributed by atoms with E-state index in [0.717, 1.165) is 15.7 Å². The average Bonchev–Trinajstić information content (AvgIpc) is 3.10. The molecular formula is C18H12BrN5O. The summed E-state index contributed by atoms with van der Waals surface area (Å²) in [6.07, 6.45) is 1.55. The molecule has 122 valence electrons. The summed E-state index contributed by atoms with van der Waals surface area (Å²) in [5, 5.41) is 15.1. The first-order valence-electron chi connectivity index (χ1n) is 7.53. The van der Waals surface area contributed by atoms with Crippen LogP contribution in [0.15, 0.2) is 71.5 Å². The van der Waals surface area contributed by atoms with Crippen LogP contribution in [-0.2, 0) is 0 Å². The number of hydrogen-bond donors (Lipinski definition) is 1. The van der Waals surface area contributed by atoms with Gasteiger partial charge in [-0.15, -0.1) is 10.2 Å². The molecule has 2 aromatic heterocycles. The molecule has 4 rings (SSSR count). The summed E-state index contributed by atoms with van der Waals surface area (Å²) < 4.78 is 2.55. The molecule has 6 nitrogen and oxygen atoms in total. The van der Waals surface area contributed by atoms with Crippen molar-refractivity contribution in [2.45, 2.75) is 0 Å². The lowest BCUT2D eigenvalue weighted by Crippen LogP contribution is -2.11. The Balaban J connectivity index is 1.60. The summed E-state index contributed by atoms with van der Waals surface area (Å²) >= 11 is 3.36. The molecule has 4 aromatic rings. The summed E-state index contributed by atoms with van der Waals surface area (Å²) in [6.45, 7) is 0. The van der Waals surface area contributed by atoms with E-state index in [1.54, 1.807) is 23.0 Å². The predicted octanol–water partition coefficient (Wildman–Crippen LogP) is 3.81. The van der Waals surface area contributed by atoms with Gasteiger partial charge in [-0.25, -0.2) is 0 Å². The Morgan fingerprint density at radius 1 is 1.04 bits per heavy atom. The molecule has 1 amide bonds. The van der Waals surface area contributed by atoms with Gasteiger partial charge in [0, 0.05) is 21.3 Å². The topological polar surface area (TPSA) is 72.2 Å². The molecule has 0 aliphatic heterocycles. The van der Waals surface area contributed by atoms with Crippen LogP contribution in [0, 0.1) is 0 Å². The van der Waals surface area contributed by atoms with Gasteiger partial charge in [-0.1, -0.05) is 28.1 Å². The van der Waals surface area contributed by atoms with Gasteiger partial charge in [-0.3, -0.25) is 4.79 Å². The maximum atomic E-state index is 12.4. The second-order valence-electron chi connectivity index (χ2n) is 5.39. The summed E-state index contributed by atoms with van der Waals surface area (Å²) in [4.78, 5) is 12.4. The molecule has 2 heterocycles. The van der Waals surface area contributed by atoms with E-state index in [2.05, 4.69) is 36.5 Å². The number of nitrogens with one attached hydrogen (secondary N) is 1. The van der Waals surface area contributed by atoms with Gasteiger partial charge >= 0.3 is 0 Å². The van der Waals surface area contributed by atoms with E-state index in [-0.39, 0.29) is 5.91 Å². The van der Waals surface area contributed by atoms with Crippen molar-refractivity contribution < 1.29 is 4.79 Å². The summed E-state index contributed by atoms with van der Waals surface area (Å²) in [5.41, 5.74) is 3.65. The molecule has 0 aliphatic carbocycles. The van der Waals surface area contributed by atoms with Crippen LogP contribution in [0.2, 0.25) is 0 Å². The number of carbonyl (C=O) groups excluding carboxylic acids is 1. The van der Waals surface area contributed by atoms with E-state index < -0.39 is 0 Å². The lowest BCUT2D eigenvalue weighted by molar-refractivity contribution is 0.102. The zero-order valence-electron chi connectivity index (χ0n) is 12.9. The third-order valence-corrected chi connectivity index (χ3v) is 4.21. The minimum Gasteiger partial charge on any atom is -0.322 e. The zero-order chi connectivity index (χ0) is 17.2. The van der Waals surface area contributed by atoms with Crippen LogP contribution in [0.3, 0.4) is 0 Å². The van der Waals surface area contributed by atoms with E-state index in [1.807, 2.05) is 48.5 Å². The van der Waals surface area contributed by atoms with Gasteiger partial charge in [0.25, 0.3) is 5.91 Å². The fourth-order valence-corrected chi connectivity index (χ4v) is 2.71. The van der Waals surface area contributed by atoms with E-state index in [0.29, 0.717) is 16.9 Å². The third-order valence-electron chi connectivity index (χ3n) is 3.68. The minimum absolute atomic E-state index is 0.160. The number of benzene rings is 2. The van der Waals surface area contributed by atoms with Crippen LogP contribution in [0.25, 0.3) is 16.9 Å². The molecule has 2 aromatic carbocycles. The van der Waals surface area contributed by atoms with E-state index in [9.17, 15) is 4.79 Å². The Hall–Kier alpha value is -3.06. The van der Waals surface area contributed by atoms with Crippen molar-refractivity contribution >= 4 is 33.2 Å². The molecule has 7 heteroatoms. The lowest BCUT2D eigenvalue weighted by atomic mass is 10.1. The molecular weight excluding hydrogens is 382 g/mol. The maximum Gasteiger partial charge on any atom is 0.255 e. The summed E-state index contributed by atoms with van der Waals surface area (Å²) in [6, 6.07) is 18.5. The number of halogens is 1. The van der Waals surface area contributed by atoms with Gasteiger partial charge in [-0.05, 0) is 48.5 Å². The Morgan fingerprint density at radius 2 is 1.88 bits per heavy atom. The summed E-state index contributed by atoms with van der Waals surface area (Å²) in [5.74, 6) is -0.160. The standard InChI is InChI=1S/C18H12BrN5O/c19-14-6-4-12(5-7-14)18(25)21-15-3-1-2-13(10-15)16-8-9-17-22-20-11-24(17)23-16/h1-11H,(H,21,25). The molecule has 0 spiro atoms. The molecule has 0 saturated carbocycles. The van der Waals surface area contributed by atoms with Crippen LogP contribution in [-0.4, -0.2) is 25.7 Å². The molecule has 0 fully saturated rings. The Morgan fingerprint density at radius 3 is 2.72 bits per heavy atom. The van der Waals surface area contributed by atoms with Crippen molar-refractivity contribution in [3.8, 4) is 11.3 Å². The van der Waals surface area contributed by atoms with Gasteiger partial charge in [0.1, 0.15) is 6.33 Å². The number of rotatable bonds is 3. The molecule has 0 radical (unpaired) electrons. The van der Waals surface area contributed by atoms with E-state index in [4.69, 9.17) is 0 Å². The SMILES string of the molecule is O=C(Nc1cccc(-c2ccc3nncn3n2)c1)c1ccc(Br)cc1. The first kappa shape index (κ1) is 15.5. The van der Waals surface area contributed by atoms with Gasteiger partial charge in [0.05, 0.1) is 5.69 Å². The first-order valence-corrected chi connectivity index (χ1v) is 8.33. The predicted molar refractivity (Wildman–Crippen MR) is 98.3 cm³/mol. The molecule has 0 aliphatic rings. The van der Waals surface area contributed by atoms with Gasteiger partial charge < -0.3 is 5.32 Å². The number of carbonyl (C=O) groups is 1. The molecule has 0 saturated heterocycles. The van der Waals surface area contributed by atoms with Crippen LogP contribution in [0.4, 0.5) is 5.69 Å². The number of hydrogen-bond acceptors (Lipinski definition) is 4. The Labute approximate surface area is 151 Å². The minimum atomic E-state index is -0.160. The number of anilines is 1. The van der Waals surface area contributed by atoms with Gasteiger partial charge in [-0.2, -0.15) is 9.61 Å². The van der Waals surface area contributed by atoms with Crippen LogP contribution in [0.5, 0.6) is 0 Å². The number of fused-ring (bicyclic) bond motifs is 1. The van der Waals surface area contributed by atoms with Gasteiger partial charge in [0.2, 0.25) is 0 Å². The van der Waals surface area contributed by atoms with Crippen molar-refractivity contribution in [3.63, 3.8) is 0 Å². The molecule has 0 bridgehead atoms. The molecule has 25 heavy (non-hydrogen) atoms. The van der Waals surface area contributed by atoms with Crippen molar-refractivity contribution in [2.75, 3.05) is 5.32 Å². The quantitative estimate of drug-likeness (QED) is 0.574. The number of nitrogens with zero attached hydrogens (tertiary/aromatic N) is 4. The Bertz CT molecular complexity index is 1060. The number of aromatic nitrogens is 4. The van der Waals surface area contributed by atoms with Gasteiger partial charge in [0.15, 0.2) is 5.65 Å². The molecule has 0 unspecified atom stereocenters. The molecule has 0 atom stereocenters. The van der Waals surface area contributed by atoms with Crippen LogP contribution >= 0.6 is 15.9 Å². The normalized spacial score (nSPS) is 10.8. The van der Waals surface area contributed by atoms with Crippen molar-refractivity contribution in [3.05, 3.63) is 77.0 Å². The average molecular weight is 394 g/mol. The number of amides is 1. The third kappa shape index (κ3) is 3.27. The molecule has 1 N–H and O–H groups in total. The van der Waals surface area contributed by atoms with Crippen molar-refractivity contribution in [2.24, 2.45) is 0 Å². The first-order chi connectivity index (χ1) is 12.2. The van der Waals surface area contributed by atoms with Crippen LogP contribution < -0.4 is 5.32 Å². The zero-order valence-corrected chi connectivity index (χ0v) is 14.5. The Kier molecular flexibility index (Phi) is 3.99. The monoisotopic (exact) mass is 393 g/mol. The lowest BCUT2D eigenvalue weighted by Gasteiger charge is -2.08.